The van der Waals surface area contributed by atoms with Crippen LogP contribution in [0.3, 0.4) is 0 Å². The number of ether oxygens (including phenoxy) is 1. The number of aliphatic carboxylic acids is 1. The standard InChI is InChI=1S/C15H18ClNO4/c1-9(10-4-3-5-11(16)8-10)17(2)14(18)12-6-7-13(21-12)15(19)20/h3-5,8-9,12-13H,6-7H2,1-2H3,(H,19,20). The van der Waals surface area contributed by atoms with Crippen LogP contribution in [0.1, 0.15) is 31.4 Å². The molecule has 1 amide bonds. The summed E-state index contributed by atoms with van der Waals surface area (Å²) in [5.74, 6) is -1.22. The van der Waals surface area contributed by atoms with Crippen LogP contribution in [0.5, 0.6) is 0 Å². The maximum Gasteiger partial charge on any atom is 0.332 e. The Kier molecular flexibility index (Phi) is 4.85. The van der Waals surface area contributed by atoms with E-state index in [0.29, 0.717) is 17.9 Å². The Labute approximate surface area is 128 Å². The first kappa shape index (κ1) is 15.8. The number of rotatable bonds is 4. The zero-order valence-electron chi connectivity index (χ0n) is 12.0. The maximum atomic E-state index is 12.4. The van der Waals surface area contributed by atoms with E-state index in [9.17, 15) is 9.59 Å². The van der Waals surface area contributed by atoms with Crippen LogP contribution in [0.2, 0.25) is 5.02 Å². The highest BCUT2D eigenvalue weighted by atomic mass is 35.5. The molecule has 0 bridgehead atoms. The number of benzene rings is 1. The van der Waals surface area contributed by atoms with Gasteiger partial charge >= 0.3 is 5.97 Å². The molecule has 0 aliphatic carbocycles. The maximum absolute atomic E-state index is 12.4. The largest absolute Gasteiger partial charge is 0.479 e. The number of nitrogens with zero attached hydrogens (tertiary/aromatic N) is 1. The number of hydrogen-bond donors (Lipinski definition) is 1. The normalized spacial score (nSPS) is 22.8. The second-order valence-corrected chi connectivity index (χ2v) is 5.65. The molecule has 0 saturated carbocycles. The fourth-order valence-electron chi connectivity index (χ4n) is 2.41. The van der Waals surface area contributed by atoms with Gasteiger partial charge in [0.05, 0.1) is 6.04 Å². The first-order chi connectivity index (χ1) is 9.90. The predicted octanol–water partition coefficient (Wildman–Crippen LogP) is 2.49. The lowest BCUT2D eigenvalue weighted by molar-refractivity contribution is -0.155. The van der Waals surface area contributed by atoms with Gasteiger partial charge in [0.15, 0.2) is 6.10 Å². The van der Waals surface area contributed by atoms with E-state index in [2.05, 4.69) is 0 Å². The number of carbonyl (C=O) groups is 2. The zero-order chi connectivity index (χ0) is 15.6. The van der Waals surface area contributed by atoms with Crippen molar-refractivity contribution in [2.24, 2.45) is 0 Å². The molecule has 0 radical (unpaired) electrons. The molecule has 1 fully saturated rings. The number of likely N-dealkylation sites (N-methyl/N-ethyl adjacent to an activating group) is 1. The topological polar surface area (TPSA) is 66.8 Å². The van der Waals surface area contributed by atoms with Gasteiger partial charge in [0, 0.05) is 12.1 Å². The summed E-state index contributed by atoms with van der Waals surface area (Å²) in [5, 5.41) is 9.52. The summed E-state index contributed by atoms with van der Waals surface area (Å²) in [7, 11) is 1.69. The second-order valence-electron chi connectivity index (χ2n) is 5.21. The molecule has 21 heavy (non-hydrogen) atoms. The minimum Gasteiger partial charge on any atom is -0.479 e. The molecule has 0 spiro atoms. The molecule has 114 valence electrons. The van der Waals surface area contributed by atoms with Gasteiger partial charge in [0.25, 0.3) is 5.91 Å². The lowest BCUT2D eigenvalue weighted by Crippen LogP contribution is -2.38. The van der Waals surface area contributed by atoms with Crippen molar-refractivity contribution in [1.82, 2.24) is 4.90 Å². The van der Waals surface area contributed by atoms with E-state index in [1.165, 1.54) is 0 Å². The Balaban J connectivity index is 2.04. The predicted molar refractivity (Wildman–Crippen MR) is 78.2 cm³/mol. The third kappa shape index (κ3) is 3.54. The Morgan fingerprint density at radius 3 is 2.62 bits per heavy atom. The van der Waals surface area contributed by atoms with E-state index in [-0.39, 0.29) is 11.9 Å². The monoisotopic (exact) mass is 311 g/mol. The van der Waals surface area contributed by atoms with Gasteiger partial charge in [-0.25, -0.2) is 4.79 Å². The number of carboxylic acid groups (broad SMARTS) is 1. The van der Waals surface area contributed by atoms with Gasteiger partial charge in [0.1, 0.15) is 6.10 Å². The highest BCUT2D eigenvalue weighted by Gasteiger charge is 2.37. The highest BCUT2D eigenvalue weighted by Crippen LogP contribution is 2.26. The average molecular weight is 312 g/mol. The number of hydrogen-bond acceptors (Lipinski definition) is 3. The molecule has 1 saturated heterocycles. The smallest absolute Gasteiger partial charge is 0.332 e. The third-order valence-electron chi connectivity index (χ3n) is 3.83. The SMILES string of the molecule is CC(c1cccc(Cl)c1)N(C)C(=O)C1CCC(C(=O)O)O1. The Morgan fingerprint density at radius 2 is 2.05 bits per heavy atom. The molecule has 6 heteroatoms. The second kappa shape index (κ2) is 6.45. The molecule has 1 heterocycles. The van der Waals surface area contributed by atoms with E-state index in [4.69, 9.17) is 21.4 Å². The van der Waals surface area contributed by atoms with E-state index in [1.807, 2.05) is 25.1 Å². The van der Waals surface area contributed by atoms with Crippen LogP contribution in [-0.4, -0.2) is 41.1 Å². The van der Waals surface area contributed by atoms with Crippen molar-refractivity contribution >= 4 is 23.5 Å². The van der Waals surface area contributed by atoms with Crippen LogP contribution < -0.4 is 0 Å². The van der Waals surface area contributed by atoms with Gasteiger partial charge < -0.3 is 14.7 Å². The van der Waals surface area contributed by atoms with Gasteiger partial charge in [0.2, 0.25) is 0 Å². The van der Waals surface area contributed by atoms with E-state index in [0.717, 1.165) is 5.56 Å². The number of halogens is 1. The fraction of sp³-hybridized carbons (Fsp3) is 0.467. The highest BCUT2D eigenvalue weighted by molar-refractivity contribution is 6.30. The van der Waals surface area contributed by atoms with Crippen LogP contribution in [0.4, 0.5) is 0 Å². The van der Waals surface area contributed by atoms with Crippen LogP contribution in [0, 0.1) is 0 Å². The summed E-state index contributed by atoms with van der Waals surface area (Å²) in [5.41, 5.74) is 0.922. The summed E-state index contributed by atoms with van der Waals surface area (Å²) >= 11 is 5.96. The third-order valence-corrected chi connectivity index (χ3v) is 4.07. The Hall–Kier alpha value is -1.59. The molecule has 3 unspecified atom stereocenters. The molecule has 1 aromatic carbocycles. The summed E-state index contributed by atoms with van der Waals surface area (Å²) in [4.78, 5) is 24.8. The van der Waals surface area contributed by atoms with Crippen LogP contribution in [-0.2, 0) is 14.3 Å². The van der Waals surface area contributed by atoms with Gasteiger partial charge in [-0.15, -0.1) is 0 Å². The van der Waals surface area contributed by atoms with Crippen molar-refractivity contribution in [2.75, 3.05) is 7.05 Å². The van der Waals surface area contributed by atoms with Crippen LogP contribution >= 0.6 is 11.6 Å². The molecular formula is C15H18ClNO4. The summed E-state index contributed by atoms with van der Waals surface area (Å²) < 4.78 is 5.30. The lowest BCUT2D eigenvalue weighted by atomic mass is 10.1. The van der Waals surface area contributed by atoms with Crippen LogP contribution in [0.25, 0.3) is 0 Å². The number of carboxylic acids is 1. The molecule has 1 N–H and O–H groups in total. The molecule has 2 rings (SSSR count). The van der Waals surface area contributed by atoms with Gasteiger partial charge in [-0.2, -0.15) is 0 Å². The molecule has 1 aliphatic rings. The molecule has 1 aromatic rings. The van der Waals surface area contributed by atoms with Crippen molar-refractivity contribution in [2.45, 2.75) is 38.0 Å². The minimum absolute atomic E-state index is 0.163. The van der Waals surface area contributed by atoms with Gasteiger partial charge in [-0.3, -0.25) is 4.79 Å². The quantitative estimate of drug-likeness (QED) is 0.927. The van der Waals surface area contributed by atoms with Crippen molar-refractivity contribution < 1.29 is 19.4 Å². The van der Waals surface area contributed by atoms with Crippen LogP contribution in [0.15, 0.2) is 24.3 Å². The first-order valence-corrected chi connectivity index (χ1v) is 7.18. The Morgan fingerprint density at radius 1 is 1.38 bits per heavy atom. The molecule has 1 aliphatic heterocycles. The zero-order valence-corrected chi connectivity index (χ0v) is 12.7. The molecule has 3 atom stereocenters. The number of carbonyl (C=O) groups excluding carboxylic acids is 1. The lowest BCUT2D eigenvalue weighted by Gasteiger charge is -2.27. The van der Waals surface area contributed by atoms with Gasteiger partial charge in [-0.05, 0) is 37.5 Å². The van der Waals surface area contributed by atoms with Crippen molar-refractivity contribution in [3.8, 4) is 0 Å². The average Bonchev–Trinajstić information content (AvgIpc) is 2.95. The van der Waals surface area contributed by atoms with Crippen molar-refractivity contribution in [3.05, 3.63) is 34.9 Å². The minimum atomic E-state index is -1.02. The van der Waals surface area contributed by atoms with E-state index >= 15 is 0 Å². The summed E-state index contributed by atoms with van der Waals surface area (Å²) in [6.45, 7) is 1.90. The first-order valence-electron chi connectivity index (χ1n) is 6.80. The summed E-state index contributed by atoms with van der Waals surface area (Å²) in [6, 6.07) is 7.15. The molecular weight excluding hydrogens is 294 g/mol. The van der Waals surface area contributed by atoms with E-state index < -0.39 is 18.2 Å². The van der Waals surface area contributed by atoms with Gasteiger partial charge in [-0.1, -0.05) is 23.7 Å². The fourth-order valence-corrected chi connectivity index (χ4v) is 2.61. The number of amides is 1. The van der Waals surface area contributed by atoms with Crippen molar-refractivity contribution in [3.63, 3.8) is 0 Å². The molecule has 5 nitrogen and oxygen atoms in total. The summed E-state index contributed by atoms with van der Waals surface area (Å²) in [6.07, 6.45) is -0.764. The molecule has 0 aromatic heterocycles. The van der Waals surface area contributed by atoms with E-state index in [1.54, 1.807) is 18.0 Å². The van der Waals surface area contributed by atoms with Crippen molar-refractivity contribution in [1.29, 1.82) is 0 Å². The Bertz CT molecular complexity index is 548.